The van der Waals surface area contributed by atoms with E-state index in [1.54, 1.807) is 6.33 Å². The van der Waals surface area contributed by atoms with Crippen LogP contribution in [0.5, 0.6) is 11.5 Å². The van der Waals surface area contributed by atoms with Gasteiger partial charge in [0, 0.05) is 12.0 Å². The van der Waals surface area contributed by atoms with Gasteiger partial charge in [0.1, 0.15) is 11.3 Å². The van der Waals surface area contributed by atoms with Crippen LogP contribution in [0.1, 0.15) is 11.1 Å². The Kier molecular flexibility index (Phi) is 1.61. The van der Waals surface area contributed by atoms with Gasteiger partial charge in [-0.05, 0) is 17.7 Å². The van der Waals surface area contributed by atoms with E-state index in [1.165, 1.54) is 11.1 Å². The van der Waals surface area contributed by atoms with Gasteiger partial charge in [0.05, 0.1) is 11.8 Å². The summed E-state index contributed by atoms with van der Waals surface area (Å²) in [4.78, 5) is 7.43. The number of ether oxygens (including phenoxy) is 1. The summed E-state index contributed by atoms with van der Waals surface area (Å²) in [6, 6.07) is 12.3. The van der Waals surface area contributed by atoms with E-state index in [0.717, 1.165) is 29.0 Å². The van der Waals surface area contributed by atoms with Gasteiger partial charge >= 0.3 is 0 Å². The van der Waals surface area contributed by atoms with Crippen molar-refractivity contribution in [3.63, 3.8) is 0 Å². The Morgan fingerprint density at radius 1 is 1.06 bits per heavy atom. The number of H-pyrrole nitrogens is 1. The first-order valence-corrected chi connectivity index (χ1v) is 5.62. The number of imidazole rings is 1. The molecule has 2 heterocycles. The molecule has 1 N–H and O–H groups in total. The van der Waals surface area contributed by atoms with E-state index in [-0.39, 0.29) is 0 Å². The first kappa shape index (κ1) is 8.82. The third-order valence-corrected chi connectivity index (χ3v) is 3.19. The molecule has 2 aromatic carbocycles. The van der Waals surface area contributed by atoms with Gasteiger partial charge in [-0.25, -0.2) is 4.98 Å². The smallest absolute Gasteiger partial charge is 0.158 e. The molecule has 0 amide bonds. The van der Waals surface area contributed by atoms with Gasteiger partial charge in [-0.2, -0.15) is 0 Å². The molecule has 0 saturated carbocycles. The summed E-state index contributed by atoms with van der Waals surface area (Å²) in [7, 11) is 0. The fraction of sp³-hybridized carbons (Fsp3) is 0.0714. The number of hydrogen-bond acceptors (Lipinski definition) is 2. The van der Waals surface area contributed by atoms with E-state index in [2.05, 4.69) is 28.2 Å². The van der Waals surface area contributed by atoms with Gasteiger partial charge in [-0.3, -0.25) is 0 Å². The summed E-state index contributed by atoms with van der Waals surface area (Å²) in [5, 5.41) is 0. The fourth-order valence-corrected chi connectivity index (χ4v) is 2.34. The van der Waals surface area contributed by atoms with Gasteiger partial charge in [-0.1, -0.05) is 24.3 Å². The van der Waals surface area contributed by atoms with Gasteiger partial charge in [0.15, 0.2) is 5.75 Å². The average molecular weight is 222 g/mol. The maximum atomic E-state index is 5.97. The molecule has 3 nitrogen and oxygen atoms in total. The molecule has 0 atom stereocenters. The monoisotopic (exact) mass is 222 g/mol. The number of nitrogens with one attached hydrogen (secondary N) is 1. The van der Waals surface area contributed by atoms with Crippen molar-refractivity contribution in [2.45, 2.75) is 6.42 Å². The van der Waals surface area contributed by atoms with Crippen molar-refractivity contribution in [2.24, 2.45) is 0 Å². The van der Waals surface area contributed by atoms with Gasteiger partial charge in [-0.15, -0.1) is 0 Å². The highest BCUT2D eigenvalue weighted by Crippen LogP contribution is 2.39. The highest BCUT2D eigenvalue weighted by Gasteiger charge is 2.19. The zero-order valence-corrected chi connectivity index (χ0v) is 9.10. The van der Waals surface area contributed by atoms with Gasteiger partial charge in [0.25, 0.3) is 0 Å². The molecular weight excluding hydrogens is 212 g/mol. The van der Waals surface area contributed by atoms with Crippen LogP contribution in [-0.2, 0) is 6.42 Å². The molecule has 1 aliphatic heterocycles. The third kappa shape index (κ3) is 1.19. The molecule has 4 rings (SSSR count). The number of nitrogens with zero attached hydrogens (tertiary/aromatic N) is 1. The summed E-state index contributed by atoms with van der Waals surface area (Å²) < 4.78 is 5.97. The Hall–Kier alpha value is -2.29. The molecule has 82 valence electrons. The van der Waals surface area contributed by atoms with Crippen molar-refractivity contribution >= 4 is 11.0 Å². The number of rotatable bonds is 0. The average Bonchev–Trinajstić information content (AvgIpc) is 2.85. The van der Waals surface area contributed by atoms with Crippen LogP contribution < -0.4 is 4.74 Å². The molecule has 0 radical (unpaired) electrons. The predicted octanol–water partition coefficient (Wildman–Crippen LogP) is 3.26. The molecule has 3 aromatic rings. The summed E-state index contributed by atoms with van der Waals surface area (Å²) in [5.74, 6) is 1.83. The SMILES string of the molecule is c1ccc2c(c1)Cc1ccc3[nH]cnc3c1O2. The first-order valence-electron chi connectivity index (χ1n) is 5.62. The maximum absolute atomic E-state index is 5.97. The Balaban J connectivity index is 1.98. The second-order valence-corrected chi connectivity index (χ2v) is 4.24. The van der Waals surface area contributed by atoms with Crippen LogP contribution in [0.3, 0.4) is 0 Å². The second-order valence-electron chi connectivity index (χ2n) is 4.24. The Morgan fingerprint density at radius 3 is 3.00 bits per heavy atom. The lowest BCUT2D eigenvalue weighted by atomic mass is 10.00. The fourth-order valence-electron chi connectivity index (χ4n) is 2.34. The Bertz CT molecular complexity index is 715. The molecule has 0 unspecified atom stereocenters. The van der Waals surface area contributed by atoms with Gasteiger partial charge in [0.2, 0.25) is 0 Å². The Labute approximate surface area is 98.1 Å². The number of benzene rings is 2. The van der Waals surface area contributed by atoms with E-state index in [9.17, 15) is 0 Å². The highest BCUT2D eigenvalue weighted by molar-refractivity contribution is 5.84. The van der Waals surface area contributed by atoms with Crippen molar-refractivity contribution in [1.29, 1.82) is 0 Å². The quantitative estimate of drug-likeness (QED) is 0.496. The number of aromatic amines is 1. The van der Waals surface area contributed by atoms with Gasteiger partial charge < -0.3 is 9.72 Å². The molecule has 0 aliphatic carbocycles. The molecule has 1 aromatic heterocycles. The van der Waals surface area contributed by atoms with Crippen LogP contribution >= 0.6 is 0 Å². The molecule has 17 heavy (non-hydrogen) atoms. The number of aromatic nitrogens is 2. The summed E-state index contributed by atoms with van der Waals surface area (Å²) in [6.07, 6.45) is 2.61. The molecule has 0 saturated heterocycles. The molecule has 0 spiro atoms. The van der Waals surface area contributed by atoms with Crippen molar-refractivity contribution in [1.82, 2.24) is 9.97 Å². The maximum Gasteiger partial charge on any atom is 0.158 e. The molecule has 1 aliphatic rings. The van der Waals surface area contributed by atoms with Crippen molar-refractivity contribution < 1.29 is 4.74 Å². The lowest BCUT2D eigenvalue weighted by Gasteiger charge is -2.20. The summed E-state index contributed by atoms with van der Waals surface area (Å²) >= 11 is 0. The lowest BCUT2D eigenvalue weighted by molar-refractivity contribution is 0.465. The van der Waals surface area contributed by atoms with Crippen LogP contribution in [0.4, 0.5) is 0 Å². The zero-order chi connectivity index (χ0) is 11.2. The minimum Gasteiger partial charge on any atom is -0.454 e. The van der Waals surface area contributed by atoms with E-state index >= 15 is 0 Å². The summed E-state index contributed by atoms with van der Waals surface area (Å²) in [6.45, 7) is 0. The number of fused-ring (bicyclic) bond motifs is 4. The number of hydrogen-bond donors (Lipinski definition) is 1. The van der Waals surface area contributed by atoms with Crippen molar-refractivity contribution in [3.8, 4) is 11.5 Å². The van der Waals surface area contributed by atoms with Crippen LogP contribution in [0, 0.1) is 0 Å². The predicted molar refractivity (Wildman–Crippen MR) is 65.4 cm³/mol. The lowest BCUT2D eigenvalue weighted by Crippen LogP contribution is -2.03. The minimum atomic E-state index is 0.891. The van der Waals surface area contributed by atoms with Crippen molar-refractivity contribution in [2.75, 3.05) is 0 Å². The molecule has 3 heteroatoms. The normalized spacial score (nSPS) is 12.9. The number of para-hydroxylation sites is 1. The van der Waals surface area contributed by atoms with Crippen LogP contribution in [-0.4, -0.2) is 9.97 Å². The van der Waals surface area contributed by atoms with E-state index in [0.29, 0.717) is 0 Å². The third-order valence-electron chi connectivity index (χ3n) is 3.19. The molecule has 0 fully saturated rings. The second kappa shape index (κ2) is 3.10. The minimum absolute atomic E-state index is 0.891. The molecule has 0 bridgehead atoms. The van der Waals surface area contributed by atoms with E-state index in [1.807, 2.05) is 18.2 Å². The summed E-state index contributed by atoms with van der Waals surface area (Å²) in [5.41, 5.74) is 4.36. The van der Waals surface area contributed by atoms with Crippen LogP contribution in [0.2, 0.25) is 0 Å². The first-order chi connectivity index (χ1) is 8.42. The van der Waals surface area contributed by atoms with Crippen LogP contribution in [0.15, 0.2) is 42.7 Å². The van der Waals surface area contributed by atoms with Crippen molar-refractivity contribution in [3.05, 3.63) is 53.9 Å². The Morgan fingerprint density at radius 2 is 2.00 bits per heavy atom. The topological polar surface area (TPSA) is 37.9 Å². The standard InChI is InChI=1S/C14H10N2O/c1-2-4-12-9(3-1)7-10-5-6-11-13(14(10)17-12)16-8-15-11/h1-6,8H,7H2,(H,15,16). The van der Waals surface area contributed by atoms with E-state index < -0.39 is 0 Å². The zero-order valence-electron chi connectivity index (χ0n) is 9.10. The highest BCUT2D eigenvalue weighted by atomic mass is 16.5. The largest absolute Gasteiger partial charge is 0.454 e. The molecular formula is C14H10N2O. The van der Waals surface area contributed by atoms with E-state index in [4.69, 9.17) is 4.74 Å². The van der Waals surface area contributed by atoms with Crippen LogP contribution in [0.25, 0.3) is 11.0 Å².